The Balaban J connectivity index is 1.79. The van der Waals surface area contributed by atoms with Crippen LogP contribution < -0.4 is 5.43 Å². The molecule has 0 bridgehead atoms. The number of benzene rings is 1. The average molecular weight is 297 g/mol. The first kappa shape index (κ1) is 13.6. The molecule has 0 unspecified atom stereocenters. The Morgan fingerprint density at radius 3 is 2.90 bits per heavy atom. The SMILES string of the molecule is Cc1cc(C(=O)NN=Cc2c(C)[nH]c3ccccc23)cs1. The maximum Gasteiger partial charge on any atom is 0.272 e. The van der Waals surface area contributed by atoms with Gasteiger partial charge in [-0.2, -0.15) is 5.10 Å². The molecule has 4 nitrogen and oxygen atoms in total. The highest BCUT2D eigenvalue weighted by Crippen LogP contribution is 2.19. The molecule has 0 aliphatic heterocycles. The quantitative estimate of drug-likeness (QED) is 0.563. The molecule has 106 valence electrons. The number of nitrogens with one attached hydrogen (secondary N) is 2. The molecule has 2 N–H and O–H groups in total. The van der Waals surface area contributed by atoms with Gasteiger partial charge in [0.2, 0.25) is 0 Å². The van der Waals surface area contributed by atoms with Crippen molar-refractivity contribution in [3.8, 4) is 0 Å². The molecule has 0 spiro atoms. The molecule has 0 atom stereocenters. The fourth-order valence-corrected chi connectivity index (χ4v) is 2.93. The van der Waals surface area contributed by atoms with E-state index in [1.165, 1.54) is 0 Å². The normalized spacial score (nSPS) is 11.3. The van der Waals surface area contributed by atoms with Crippen molar-refractivity contribution in [2.75, 3.05) is 0 Å². The van der Waals surface area contributed by atoms with Gasteiger partial charge in [-0.05, 0) is 26.0 Å². The summed E-state index contributed by atoms with van der Waals surface area (Å²) >= 11 is 1.55. The number of para-hydroxylation sites is 1. The number of fused-ring (bicyclic) bond motifs is 1. The Kier molecular flexibility index (Phi) is 3.58. The number of aromatic amines is 1. The first-order chi connectivity index (χ1) is 10.1. The molecule has 2 heterocycles. The Bertz CT molecular complexity index is 829. The van der Waals surface area contributed by atoms with E-state index in [9.17, 15) is 4.79 Å². The second-order valence-corrected chi connectivity index (χ2v) is 5.97. The molecule has 21 heavy (non-hydrogen) atoms. The summed E-state index contributed by atoms with van der Waals surface area (Å²) in [6.07, 6.45) is 1.69. The number of hydrogen-bond acceptors (Lipinski definition) is 3. The van der Waals surface area contributed by atoms with Crippen molar-refractivity contribution >= 4 is 34.4 Å². The number of hydrogen-bond donors (Lipinski definition) is 2. The number of thiophene rings is 1. The highest BCUT2D eigenvalue weighted by Gasteiger charge is 2.07. The minimum absolute atomic E-state index is 0.187. The van der Waals surface area contributed by atoms with Gasteiger partial charge in [0.05, 0.1) is 11.8 Å². The molecule has 2 aromatic heterocycles. The zero-order valence-electron chi connectivity index (χ0n) is 11.8. The predicted octanol–water partition coefficient (Wildman–Crippen LogP) is 3.61. The predicted molar refractivity (Wildman–Crippen MR) is 87.2 cm³/mol. The number of rotatable bonds is 3. The minimum Gasteiger partial charge on any atom is -0.358 e. The highest BCUT2D eigenvalue weighted by atomic mass is 32.1. The van der Waals surface area contributed by atoms with E-state index >= 15 is 0 Å². The lowest BCUT2D eigenvalue weighted by Gasteiger charge is -1.96. The largest absolute Gasteiger partial charge is 0.358 e. The lowest BCUT2D eigenvalue weighted by atomic mass is 10.1. The van der Waals surface area contributed by atoms with E-state index in [0.29, 0.717) is 5.56 Å². The number of carbonyl (C=O) groups excluding carboxylic acids is 1. The molecule has 0 saturated carbocycles. The van der Waals surface area contributed by atoms with Crippen molar-refractivity contribution in [3.63, 3.8) is 0 Å². The van der Waals surface area contributed by atoms with Gasteiger partial charge in [0.1, 0.15) is 0 Å². The van der Waals surface area contributed by atoms with Gasteiger partial charge in [0.25, 0.3) is 5.91 Å². The highest BCUT2D eigenvalue weighted by molar-refractivity contribution is 7.10. The van der Waals surface area contributed by atoms with Crippen LogP contribution in [-0.4, -0.2) is 17.1 Å². The van der Waals surface area contributed by atoms with Crippen LogP contribution in [0.4, 0.5) is 0 Å². The number of hydrazone groups is 1. The standard InChI is InChI=1S/C16H15N3OS/c1-10-7-12(9-21-10)16(20)19-17-8-14-11(2)18-15-6-4-3-5-13(14)15/h3-9,18H,1-2H3,(H,19,20). The first-order valence-electron chi connectivity index (χ1n) is 6.61. The molecular weight excluding hydrogens is 282 g/mol. The molecule has 3 rings (SSSR count). The zero-order chi connectivity index (χ0) is 14.8. The Hall–Kier alpha value is -2.40. The van der Waals surface area contributed by atoms with Gasteiger partial charge in [-0.1, -0.05) is 18.2 Å². The van der Waals surface area contributed by atoms with E-state index < -0.39 is 0 Å². The fraction of sp³-hybridized carbons (Fsp3) is 0.125. The van der Waals surface area contributed by atoms with Crippen LogP contribution in [0, 0.1) is 13.8 Å². The maximum atomic E-state index is 11.9. The van der Waals surface area contributed by atoms with Crippen molar-refractivity contribution in [2.45, 2.75) is 13.8 Å². The summed E-state index contributed by atoms with van der Waals surface area (Å²) in [7, 11) is 0. The van der Waals surface area contributed by atoms with Crippen molar-refractivity contribution < 1.29 is 4.79 Å². The van der Waals surface area contributed by atoms with Gasteiger partial charge in [-0.25, -0.2) is 5.43 Å². The molecule has 1 amide bonds. The monoisotopic (exact) mass is 297 g/mol. The van der Waals surface area contributed by atoms with E-state index in [0.717, 1.165) is 27.0 Å². The lowest BCUT2D eigenvalue weighted by Crippen LogP contribution is -2.16. The van der Waals surface area contributed by atoms with Gasteiger partial charge >= 0.3 is 0 Å². The summed E-state index contributed by atoms with van der Waals surface area (Å²) in [6.45, 7) is 3.96. The second kappa shape index (κ2) is 5.54. The summed E-state index contributed by atoms with van der Waals surface area (Å²) < 4.78 is 0. The number of carbonyl (C=O) groups is 1. The van der Waals surface area contributed by atoms with E-state index in [1.807, 2.05) is 49.6 Å². The van der Waals surface area contributed by atoms with E-state index in [1.54, 1.807) is 17.6 Å². The van der Waals surface area contributed by atoms with Gasteiger partial charge in [-0.3, -0.25) is 4.79 Å². The van der Waals surface area contributed by atoms with Crippen LogP contribution in [-0.2, 0) is 0 Å². The molecule has 3 aromatic rings. The molecule has 0 saturated heterocycles. The summed E-state index contributed by atoms with van der Waals surface area (Å²) in [4.78, 5) is 16.3. The smallest absolute Gasteiger partial charge is 0.272 e. The number of aryl methyl sites for hydroxylation is 2. The van der Waals surface area contributed by atoms with Crippen LogP contribution in [0.2, 0.25) is 0 Å². The number of amides is 1. The van der Waals surface area contributed by atoms with E-state index in [4.69, 9.17) is 0 Å². The van der Waals surface area contributed by atoms with E-state index in [-0.39, 0.29) is 5.91 Å². The topological polar surface area (TPSA) is 57.2 Å². The summed E-state index contributed by atoms with van der Waals surface area (Å²) in [5, 5.41) is 7.00. The molecule has 0 fully saturated rings. The molecule has 0 aliphatic rings. The van der Waals surface area contributed by atoms with Crippen LogP contribution in [0.3, 0.4) is 0 Å². The van der Waals surface area contributed by atoms with E-state index in [2.05, 4.69) is 15.5 Å². The second-order valence-electron chi connectivity index (χ2n) is 4.85. The number of H-pyrrole nitrogens is 1. The van der Waals surface area contributed by atoms with Crippen LogP contribution in [0.5, 0.6) is 0 Å². The number of nitrogens with zero attached hydrogens (tertiary/aromatic N) is 1. The van der Waals surface area contributed by atoms with Gasteiger partial charge < -0.3 is 4.98 Å². The lowest BCUT2D eigenvalue weighted by molar-refractivity contribution is 0.0955. The third kappa shape index (κ3) is 2.73. The van der Waals surface area contributed by atoms with Crippen LogP contribution in [0.25, 0.3) is 10.9 Å². The van der Waals surface area contributed by atoms with Crippen LogP contribution >= 0.6 is 11.3 Å². The Labute approximate surface area is 126 Å². The maximum absolute atomic E-state index is 11.9. The van der Waals surface area contributed by atoms with Crippen LogP contribution in [0.15, 0.2) is 40.8 Å². The minimum atomic E-state index is -0.187. The van der Waals surface area contributed by atoms with Gasteiger partial charge in [0.15, 0.2) is 0 Å². The van der Waals surface area contributed by atoms with Crippen LogP contribution in [0.1, 0.15) is 26.5 Å². The number of aromatic nitrogens is 1. The Morgan fingerprint density at radius 1 is 1.33 bits per heavy atom. The van der Waals surface area contributed by atoms with Crippen molar-refractivity contribution in [3.05, 3.63) is 57.4 Å². The first-order valence-corrected chi connectivity index (χ1v) is 7.49. The third-order valence-corrected chi connectivity index (χ3v) is 4.16. The molecule has 5 heteroatoms. The van der Waals surface area contributed by atoms with Crippen molar-refractivity contribution in [1.29, 1.82) is 0 Å². The van der Waals surface area contributed by atoms with Crippen molar-refractivity contribution in [2.24, 2.45) is 5.10 Å². The zero-order valence-corrected chi connectivity index (χ0v) is 12.6. The molecule has 1 aromatic carbocycles. The van der Waals surface area contributed by atoms with Gasteiger partial charge in [0, 0.05) is 32.4 Å². The summed E-state index contributed by atoms with van der Waals surface area (Å²) in [5.74, 6) is -0.187. The summed E-state index contributed by atoms with van der Waals surface area (Å²) in [6, 6.07) is 9.88. The van der Waals surface area contributed by atoms with Crippen molar-refractivity contribution in [1.82, 2.24) is 10.4 Å². The molecule has 0 aliphatic carbocycles. The van der Waals surface area contributed by atoms with Gasteiger partial charge in [-0.15, -0.1) is 11.3 Å². The Morgan fingerprint density at radius 2 is 2.14 bits per heavy atom. The average Bonchev–Trinajstić information content (AvgIpc) is 3.03. The molecular formula is C16H15N3OS. The summed E-state index contributed by atoms with van der Waals surface area (Å²) in [5.41, 5.74) is 6.30. The fourth-order valence-electron chi connectivity index (χ4n) is 2.25. The third-order valence-electron chi connectivity index (χ3n) is 3.30. The molecule has 0 radical (unpaired) electrons.